The first-order valence-electron chi connectivity index (χ1n) is 9.31. The molecule has 1 aromatic rings. The van der Waals surface area contributed by atoms with Crippen LogP contribution in [0.2, 0.25) is 0 Å². The lowest BCUT2D eigenvalue weighted by atomic mass is 10.1. The van der Waals surface area contributed by atoms with Gasteiger partial charge in [0.1, 0.15) is 5.75 Å². The molecular formula is C19H27N3O4. The highest BCUT2D eigenvalue weighted by molar-refractivity contribution is 6.22. The van der Waals surface area contributed by atoms with Gasteiger partial charge in [-0.3, -0.25) is 19.4 Å². The number of hydrogen-bond acceptors (Lipinski definition) is 6. The topological polar surface area (TPSA) is 73.3 Å². The second-order valence-corrected chi connectivity index (χ2v) is 6.73. The van der Waals surface area contributed by atoms with Gasteiger partial charge in [0.25, 0.3) is 5.91 Å². The maximum Gasteiger partial charge on any atom is 0.251 e. The van der Waals surface area contributed by atoms with Crippen molar-refractivity contribution in [3.8, 4) is 5.75 Å². The van der Waals surface area contributed by atoms with Crippen LogP contribution in [0.5, 0.6) is 5.75 Å². The van der Waals surface area contributed by atoms with Gasteiger partial charge >= 0.3 is 0 Å². The summed E-state index contributed by atoms with van der Waals surface area (Å²) >= 11 is 0. The molecule has 7 nitrogen and oxygen atoms in total. The summed E-state index contributed by atoms with van der Waals surface area (Å²) in [6.45, 7) is 6.58. The van der Waals surface area contributed by atoms with E-state index in [0.717, 1.165) is 38.3 Å². The minimum absolute atomic E-state index is 0.145. The van der Waals surface area contributed by atoms with Crippen molar-refractivity contribution in [3.05, 3.63) is 24.3 Å². The molecule has 2 aliphatic heterocycles. The van der Waals surface area contributed by atoms with Crippen molar-refractivity contribution in [2.24, 2.45) is 0 Å². The van der Waals surface area contributed by atoms with Gasteiger partial charge in [0.2, 0.25) is 5.91 Å². The highest BCUT2D eigenvalue weighted by atomic mass is 16.5. The third-order valence-electron chi connectivity index (χ3n) is 4.95. The van der Waals surface area contributed by atoms with E-state index < -0.39 is 0 Å². The number of anilines is 1. The minimum Gasteiger partial charge on any atom is -0.494 e. The fourth-order valence-corrected chi connectivity index (χ4v) is 3.52. The van der Waals surface area contributed by atoms with Crippen LogP contribution < -0.4 is 9.64 Å². The molecule has 0 aliphatic carbocycles. The molecule has 0 aromatic heterocycles. The van der Waals surface area contributed by atoms with Crippen LogP contribution in [0, 0.1) is 0 Å². The molecule has 0 saturated carbocycles. The van der Waals surface area contributed by atoms with Crippen molar-refractivity contribution in [3.63, 3.8) is 0 Å². The van der Waals surface area contributed by atoms with Crippen LogP contribution in [-0.4, -0.2) is 78.7 Å². The van der Waals surface area contributed by atoms with Crippen LogP contribution >= 0.6 is 0 Å². The fraction of sp³-hybridized carbons (Fsp3) is 0.579. The van der Waals surface area contributed by atoms with Crippen molar-refractivity contribution < 1.29 is 19.4 Å². The Bertz CT molecular complexity index is 626. The van der Waals surface area contributed by atoms with Gasteiger partial charge in [-0.2, -0.15) is 0 Å². The number of ether oxygens (including phenoxy) is 1. The normalized spacial score (nSPS) is 22.2. The predicted octanol–water partition coefficient (Wildman–Crippen LogP) is 0.717. The summed E-state index contributed by atoms with van der Waals surface area (Å²) < 4.78 is 5.55. The molecule has 0 radical (unpaired) electrons. The smallest absolute Gasteiger partial charge is 0.251 e. The Morgan fingerprint density at radius 3 is 2.42 bits per heavy atom. The largest absolute Gasteiger partial charge is 0.494 e. The number of carbonyl (C=O) groups is 2. The maximum atomic E-state index is 12.9. The third-order valence-corrected chi connectivity index (χ3v) is 4.95. The number of aliphatic hydroxyl groups excluding tert-OH is 1. The van der Waals surface area contributed by atoms with Crippen molar-refractivity contribution in [2.75, 3.05) is 50.8 Å². The Balaban J connectivity index is 1.64. The lowest BCUT2D eigenvalue weighted by Gasteiger charge is -2.36. The molecule has 1 N–H and O–H groups in total. The fourth-order valence-electron chi connectivity index (χ4n) is 3.52. The first kappa shape index (κ1) is 18.8. The lowest BCUT2D eigenvalue weighted by molar-refractivity contribution is -0.123. The van der Waals surface area contributed by atoms with E-state index in [1.54, 1.807) is 24.3 Å². The zero-order valence-corrected chi connectivity index (χ0v) is 15.3. The van der Waals surface area contributed by atoms with Crippen molar-refractivity contribution in [1.29, 1.82) is 0 Å². The van der Waals surface area contributed by atoms with Crippen LogP contribution in [0.25, 0.3) is 0 Å². The van der Waals surface area contributed by atoms with Crippen molar-refractivity contribution in [2.45, 2.75) is 25.8 Å². The molecule has 3 rings (SSSR count). The Kier molecular flexibility index (Phi) is 6.24. The molecule has 2 aliphatic rings. The number of aliphatic hydroxyl groups is 1. The average Bonchev–Trinajstić information content (AvgIpc) is 2.96. The molecule has 142 valence electrons. The van der Waals surface area contributed by atoms with Gasteiger partial charge in [-0.1, -0.05) is 6.92 Å². The van der Waals surface area contributed by atoms with Crippen LogP contribution in [0.3, 0.4) is 0 Å². The maximum absolute atomic E-state index is 12.9. The molecule has 1 atom stereocenters. The predicted molar refractivity (Wildman–Crippen MR) is 98.2 cm³/mol. The molecular weight excluding hydrogens is 334 g/mol. The second-order valence-electron chi connectivity index (χ2n) is 6.73. The van der Waals surface area contributed by atoms with Gasteiger partial charge < -0.3 is 9.84 Å². The van der Waals surface area contributed by atoms with Gasteiger partial charge in [0, 0.05) is 32.7 Å². The lowest BCUT2D eigenvalue weighted by Crippen LogP contribution is -2.52. The van der Waals surface area contributed by atoms with E-state index >= 15 is 0 Å². The number of rotatable bonds is 7. The zero-order valence-electron chi connectivity index (χ0n) is 15.3. The highest BCUT2D eigenvalue weighted by Gasteiger charge is 2.43. The zero-order chi connectivity index (χ0) is 18.5. The van der Waals surface area contributed by atoms with Gasteiger partial charge in [0.15, 0.2) is 0 Å². The summed E-state index contributed by atoms with van der Waals surface area (Å²) in [5, 5.41) is 9.03. The third kappa shape index (κ3) is 4.06. The molecule has 2 heterocycles. The molecule has 1 aromatic carbocycles. The van der Waals surface area contributed by atoms with Crippen LogP contribution in [0.1, 0.15) is 19.8 Å². The van der Waals surface area contributed by atoms with Gasteiger partial charge in [0.05, 0.1) is 31.4 Å². The summed E-state index contributed by atoms with van der Waals surface area (Å²) in [5.74, 6) is 0.444. The Morgan fingerprint density at radius 1 is 1.12 bits per heavy atom. The van der Waals surface area contributed by atoms with E-state index in [-0.39, 0.29) is 30.9 Å². The number of imide groups is 1. The summed E-state index contributed by atoms with van der Waals surface area (Å²) in [6.07, 6.45) is 1.16. The number of nitrogens with zero attached hydrogens (tertiary/aromatic N) is 3. The Morgan fingerprint density at radius 2 is 1.81 bits per heavy atom. The number of carbonyl (C=O) groups excluding carboxylic acids is 2. The highest BCUT2D eigenvalue weighted by Crippen LogP contribution is 2.28. The van der Waals surface area contributed by atoms with E-state index in [4.69, 9.17) is 9.84 Å². The Hall–Kier alpha value is -1.96. The van der Waals surface area contributed by atoms with Crippen molar-refractivity contribution in [1.82, 2.24) is 9.80 Å². The molecule has 0 spiro atoms. The van der Waals surface area contributed by atoms with Gasteiger partial charge in [-0.25, -0.2) is 4.90 Å². The number of benzene rings is 1. The molecule has 7 heteroatoms. The number of amides is 2. The van der Waals surface area contributed by atoms with E-state index in [2.05, 4.69) is 9.80 Å². The molecule has 2 saturated heterocycles. The first-order chi connectivity index (χ1) is 12.6. The van der Waals surface area contributed by atoms with Gasteiger partial charge in [-0.05, 0) is 30.7 Å². The van der Waals surface area contributed by atoms with Crippen LogP contribution in [-0.2, 0) is 9.59 Å². The summed E-state index contributed by atoms with van der Waals surface area (Å²) in [6, 6.07) is 6.75. The molecule has 0 bridgehead atoms. The standard InChI is InChI=1S/C19H27N3O4/c1-2-13-26-16-5-3-15(4-6-16)22-18(24)14-17(19(22)25)21-9-7-20(8-10-21)11-12-23/h3-6,17,23H,2,7-14H2,1H3/t17-/m1/s1. The minimum atomic E-state index is -0.380. The monoisotopic (exact) mass is 361 g/mol. The quantitative estimate of drug-likeness (QED) is 0.722. The summed E-state index contributed by atoms with van der Waals surface area (Å²) in [5.41, 5.74) is 0.602. The average molecular weight is 361 g/mol. The van der Waals surface area contributed by atoms with Crippen LogP contribution in [0.15, 0.2) is 24.3 Å². The SMILES string of the molecule is CCCOc1ccc(N2C(=O)C[C@@H](N3CCN(CCO)CC3)C2=O)cc1. The number of piperazine rings is 1. The van der Waals surface area contributed by atoms with Gasteiger partial charge in [-0.15, -0.1) is 0 Å². The van der Waals surface area contributed by atoms with Crippen molar-refractivity contribution >= 4 is 17.5 Å². The summed E-state index contributed by atoms with van der Waals surface area (Å²) in [7, 11) is 0. The molecule has 26 heavy (non-hydrogen) atoms. The first-order valence-corrected chi connectivity index (χ1v) is 9.31. The number of hydrogen-bond donors (Lipinski definition) is 1. The van der Waals surface area contributed by atoms with E-state index in [0.29, 0.717) is 18.8 Å². The van der Waals surface area contributed by atoms with E-state index in [1.807, 2.05) is 6.92 Å². The molecule has 2 amide bonds. The van der Waals surface area contributed by atoms with E-state index in [9.17, 15) is 9.59 Å². The Labute approximate surface area is 154 Å². The van der Waals surface area contributed by atoms with Crippen LogP contribution in [0.4, 0.5) is 5.69 Å². The van der Waals surface area contributed by atoms with E-state index in [1.165, 1.54) is 4.90 Å². The molecule has 2 fully saturated rings. The molecule has 0 unspecified atom stereocenters. The summed E-state index contributed by atoms with van der Waals surface area (Å²) in [4.78, 5) is 30.9. The second kappa shape index (κ2) is 8.62. The number of β-amino-alcohol motifs (C(OH)–C–C–N with tert-alkyl or cyclic N) is 1.